The zero-order chi connectivity index (χ0) is 21.8. The van der Waals surface area contributed by atoms with E-state index in [1.54, 1.807) is 12.1 Å². The zero-order valence-electron chi connectivity index (χ0n) is 17.1. The number of nitro benzene ring substituents is 1. The number of thioether (sulfide) groups is 1. The molecule has 0 aromatic heterocycles. The van der Waals surface area contributed by atoms with E-state index in [9.17, 15) is 14.9 Å². The molecule has 0 bridgehead atoms. The van der Waals surface area contributed by atoms with E-state index < -0.39 is 4.92 Å². The fraction of sp³-hybridized carbons (Fsp3) is 0.273. The molecule has 2 heterocycles. The Morgan fingerprint density at radius 1 is 1.13 bits per heavy atom. The van der Waals surface area contributed by atoms with Crippen LogP contribution < -0.4 is 4.74 Å². The first-order valence-electron chi connectivity index (χ1n) is 9.91. The van der Waals surface area contributed by atoms with Crippen molar-refractivity contribution in [3.63, 3.8) is 0 Å². The smallest absolute Gasteiger partial charge is 0.286 e. The molecular weight excluding hydrogens is 416 g/mol. The summed E-state index contributed by atoms with van der Waals surface area (Å²) in [6.45, 7) is 3.89. The van der Waals surface area contributed by atoms with Crippen LogP contribution in [0.25, 0.3) is 6.08 Å². The topological polar surface area (TPSA) is 88.3 Å². The van der Waals surface area contributed by atoms with Crippen LogP contribution in [0.1, 0.15) is 11.1 Å². The van der Waals surface area contributed by atoms with Crippen LogP contribution in [-0.4, -0.2) is 59.0 Å². The summed E-state index contributed by atoms with van der Waals surface area (Å²) in [7, 11) is 2.09. The Morgan fingerprint density at radius 3 is 2.55 bits per heavy atom. The molecule has 4 rings (SSSR count). The summed E-state index contributed by atoms with van der Waals surface area (Å²) in [5.41, 5.74) is 1.65. The second-order valence-corrected chi connectivity index (χ2v) is 8.36. The number of amides is 1. The molecule has 0 unspecified atom stereocenters. The van der Waals surface area contributed by atoms with Gasteiger partial charge in [0.25, 0.3) is 11.6 Å². The summed E-state index contributed by atoms with van der Waals surface area (Å²) in [5, 5.41) is 11.5. The van der Waals surface area contributed by atoms with Gasteiger partial charge in [-0.15, -0.1) is 0 Å². The Hall–Kier alpha value is -3.17. The number of nitro groups is 1. The third-order valence-corrected chi connectivity index (χ3v) is 6.17. The monoisotopic (exact) mass is 438 g/mol. The van der Waals surface area contributed by atoms with Crippen molar-refractivity contribution < 1.29 is 14.5 Å². The highest BCUT2D eigenvalue weighted by atomic mass is 32.2. The molecule has 1 fully saturated rings. The quantitative estimate of drug-likeness (QED) is 0.402. The van der Waals surface area contributed by atoms with Crippen molar-refractivity contribution in [3.8, 4) is 5.75 Å². The first-order valence-corrected chi connectivity index (χ1v) is 10.7. The van der Waals surface area contributed by atoms with Gasteiger partial charge in [0.2, 0.25) is 0 Å². The van der Waals surface area contributed by atoms with Gasteiger partial charge >= 0.3 is 0 Å². The van der Waals surface area contributed by atoms with E-state index in [-0.39, 0.29) is 18.2 Å². The Balaban J connectivity index is 1.44. The van der Waals surface area contributed by atoms with E-state index in [1.165, 1.54) is 23.9 Å². The number of aliphatic imine (C=N–C) groups is 1. The van der Waals surface area contributed by atoms with Crippen LogP contribution in [0.5, 0.6) is 5.75 Å². The lowest BCUT2D eigenvalue weighted by Gasteiger charge is -2.32. The molecule has 1 amide bonds. The lowest BCUT2D eigenvalue weighted by Crippen LogP contribution is -2.46. The van der Waals surface area contributed by atoms with Gasteiger partial charge in [-0.1, -0.05) is 18.2 Å². The average Bonchev–Trinajstić information content (AvgIpc) is 3.14. The van der Waals surface area contributed by atoms with Crippen LogP contribution in [0.4, 0.5) is 5.69 Å². The summed E-state index contributed by atoms with van der Waals surface area (Å²) in [6, 6.07) is 13.7. The minimum atomic E-state index is -0.430. The fourth-order valence-electron chi connectivity index (χ4n) is 3.28. The van der Waals surface area contributed by atoms with Crippen molar-refractivity contribution in [1.29, 1.82) is 0 Å². The number of para-hydroxylation sites is 1. The Kier molecular flexibility index (Phi) is 6.34. The SMILES string of the molecule is CN1CCN(C2=NC(=O)/C(=C\c3ccccc3OCc3ccc([N+](=O)[O-])cc3)S2)CC1. The maximum absolute atomic E-state index is 12.5. The molecule has 2 aliphatic heterocycles. The molecule has 160 valence electrons. The van der Waals surface area contributed by atoms with Crippen LogP contribution in [0, 0.1) is 10.1 Å². The summed E-state index contributed by atoms with van der Waals surface area (Å²) >= 11 is 1.40. The van der Waals surface area contributed by atoms with Gasteiger partial charge in [-0.3, -0.25) is 14.9 Å². The van der Waals surface area contributed by atoms with Crippen molar-refractivity contribution in [3.05, 3.63) is 74.7 Å². The van der Waals surface area contributed by atoms with E-state index >= 15 is 0 Å². The first kappa shape index (κ1) is 21.1. The Labute approximate surface area is 184 Å². The van der Waals surface area contributed by atoms with Crippen LogP contribution in [0.15, 0.2) is 58.4 Å². The number of hydrogen-bond donors (Lipinski definition) is 0. The lowest BCUT2D eigenvalue weighted by atomic mass is 10.1. The summed E-state index contributed by atoms with van der Waals surface area (Å²) in [4.78, 5) is 32.0. The first-order chi connectivity index (χ1) is 15.0. The highest BCUT2D eigenvalue weighted by Crippen LogP contribution is 2.33. The standard InChI is InChI=1S/C22H22N4O4S/c1-24-10-12-25(13-11-24)22-23-21(27)20(31-22)14-17-4-2-3-5-19(17)30-15-16-6-8-18(9-7-16)26(28)29/h2-9,14H,10-13,15H2,1H3/b20-14+. The van der Waals surface area contributed by atoms with Crippen LogP contribution in [0.2, 0.25) is 0 Å². The number of hydrogen-bond acceptors (Lipinski definition) is 7. The number of ether oxygens (including phenoxy) is 1. The average molecular weight is 439 g/mol. The summed E-state index contributed by atoms with van der Waals surface area (Å²) in [5.74, 6) is 0.402. The summed E-state index contributed by atoms with van der Waals surface area (Å²) < 4.78 is 5.94. The van der Waals surface area contributed by atoms with Gasteiger partial charge in [0.15, 0.2) is 5.17 Å². The number of rotatable bonds is 5. The molecule has 9 heteroatoms. The highest BCUT2D eigenvalue weighted by Gasteiger charge is 2.28. The van der Waals surface area contributed by atoms with Crippen molar-refractivity contribution >= 4 is 34.6 Å². The van der Waals surface area contributed by atoms with Gasteiger partial charge in [0, 0.05) is 43.9 Å². The number of non-ortho nitro benzene ring substituents is 1. The molecule has 0 radical (unpaired) electrons. The number of piperazine rings is 1. The van der Waals surface area contributed by atoms with Gasteiger partial charge in [-0.2, -0.15) is 4.99 Å². The molecule has 2 aromatic carbocycles. The molecule has 0 saturated carbocycles. The molecule has 0 N–H and O–H groups in total. The molecule has 0 aliphatic carbocycles. The molecule has 0 atom stereocenters. The van der Waals surface area contributed by atoms with Gasteiger partial charge in [-0.05, 0) is 48.6 Å². The van der Waals surface area contributed by atoms with Gasteiger partial charge in [-0.25, -0.2) is 0 Å². The third-order valence-electron chi connectivity index (χ3n) is 5.13. The maximum Gasteiger partial charge on any atom is 0.286 e. The predicted octanol–water partition coefficient (Wildman–Crippen LogP) is 3.39. The largest absolute Gasteiger partial charge is 0.488 e. The summed E-state index contributed by atoms with van der Waals surface area (Å²) in [6.07, 6.45) is 1.81. The van der Waals surface area contributed by atoms with Gasteiger partial charge in [0.1, 0.15) is 12.4 Å². The van der Waals surface area contributed by atoms with E-state index in [1.807, 2.05) is 30.3 Å². The number of carbonyl (C=O) groups excluding carboxylic acids is 1. The van der Waals surface area contributed by atoms with Crippen molar-refractivity contribution in [2.24, 2.45) is 4.99 Å². The number of likely N-dealkylation sites (N-methyl/N-ethyl adjacent to an activating group) is 1. The van der Waals surface area contributed by atoms with Crippen LogP contribution in [-0.2, 0) is 11.4 Å². The van der Waals surface area contributed by atoms with E-state index in [2.05, 4.69) is 21.8 Å². The van der Waals surface area contributed by atoms with E-state index in [4.69, 9.17) is 4.74 Å². The second kappa shape index (κ2) is 9.32. The fourth-order valence-corrected chi connectivity index (χ4v) is 4.23. The highest BCUT2D eigenvalue weighted by molar-refractivity contribution is 8.18. The Morgan fingerprint density at radius 2 is 1.84 bits per heavy atom. The number of nitrogens with zero attached hydrogens (tertiary/aromatic N) is 4. The molecule has 31 heavy (non-hydrogen) atoms. The predicted molar refractivity (Wildman–Crippen MR) is 121 cm³/mol. The van der Waals surface area contributed by atoms with Gasteiger partial charge in [0.05, 0.1) is 9.83 Å². The molecule has 8 nitrogen and oxygen atoms in total. The van der Waals surface area contributed by atoms with Crippen molar-refractivity contribution in [1.82, 2.24) is 9.80 Å². The number of benzene rings is 2. The minimum absolute atomic E-state index is 0.0433. The normalized spacial score (nSPS) is 18.4. The molecule has 2 aromatic rings. The molecule has 1 saturated heterocycles. The number of amidine groups is 1. The van der Waals surface area contributed by atoms with Gasteiger partial charge < -0.3 is 14.5 Å². The minimum Gasteiger partial charge on any atom is -0.488 e. The van der Waals surface area contributed by atoms with E-state index in [0.29, 0.717) is 10.7 Å². The Bertz CT molecular complexity index is 1040. The second-order valence-electron chi connectivity index (χ2n) is 7.35. The van der Waals surface area contributed by atoms with Crippen molar-refractivity contribution in [2.75, 3.05) is 33.2 Å². The lowest BCUT2D eigenvalue weighted by molar-refractivity contribution is -0.384. The molecule has 0 spiro atoms. The third kappa shape index (κ3) is 5.12. The van der Waals surface area contributed by atoms with Crippen LogP contribution >= 0.6 is 11.8 Å². The van der Waals surface area contributed by atoms with E-state index in [0.717, 1.165) is 42.5 Å². The maximum atomic E-state index is 12.5. The molecular formula is C22H22N4O4S. The molecule has 2 aliphatic rings. The van der Waals surface area contributed by atoms with Crippen molar-refractivity contribution in [2.45, 2.75) is 6.61 Å². The number of carbonyl (C=O) groups is 1. The van der Waals surface area contributed by atoms with Crippen LogP contribution in [0.3, 0.4) is 0 Å². The zero-order valence-corrected chi connectivity index (χ0v) is 17.9.